The van der Waals surface area contributed by atoms with E-state index in [1.807, 2.05) is 18.5 Å². The van der Waals surface area contributed by atoms with E-state index in [9.17, 15) is 4.79 Å². The molecule has 4 atom stereocenters. The second-order valence-corrected chi connectivity index (χ2v) is 7.13. The third-order valence-corrected chi connectivity index (χ3v) is 5.53. The van der Waals surface area contributed by atoms with Gasteiger partial charge in [0.1, 0.15) is 0 Å². The summed E-state index contributed by atoms with van der Waals surface area (Å²) in [5.41, 5.74) is 1.24. The summed E-state index contributed by atoms with van der Waals surface area (Å²) in [7, 11) is 2.16. The first-order chi connectivity index (χ1) is 11.7. The summed E-state index contributed by atoms with van der Waals surface area (Å²) < 4.78 is 5.68. The fourth-order valence-electron chi connectivity index (χ4n) is 4.10. The minimum atomic E-state index is 0.111. The van der Waals surface area contributed by atoms with Gasteiger partial charge in [-0.3, -0.25) is 14.7 Å². The molecule has 5 heteroatoms. The molecule has 2 saturated heterocycles. The topological polar surface area (TPSA) is 54.5 Å². The number of hydrogen-bond acceptors (Lipinski definition) is 4. The smallest absolute Gasteiger partial charge is 0.223 e. The normalized spacial score (nSPS) is 31.1. The number of amides is 1. The Balaban J connectivity index is 1.56. The second-order valence-electron chi connectivity index (χ2n) is 7.13. The molecule has 2 aliphatic rings. The molecule has 0 unspecified atom stereocenters. The molecule has 1 aromatic heterocycles. The Bertz CT molecular complexity index is 537. The van der Waals surface area contributed by atoms with Gasteiger partial charge < -0.3 is 10.1 Å². The van der Waals surface area contributed by atoms with Gasteiger partial charge in [-0.2, -0.15) is 0 Å². The van der Waals surface area contributed by atoms with E-state index in [1.54, 1.807) is 0 Å². The van der Waals surface area contributed by atoms with E-state index in [0.717, 1.165) is 38.8 Å². The zero-order valence-electron chi connectivity index (χ0n) is 14.8. The first-order valence-corrected chi connectivity index (χ1v) is 9.18. The molecule has 1 amide bonds. The zero-order valence-corrected chi connectivity index (χ0v) is 14.8. The summed E-state index contributed by atoms with van der Waals surface area (Å²) in [5.74, 6) is 0.765. The fraction of sp³-hybridized carbons (Fsp3) is 0.684. The molecule has 2 fully saturated rings. The van der Waals surface area contributed by atoms with Gasteiger partial charge in [-0.15, -0.1) is 0 Å². The molecule has 2 aliphatic heterocycles. The summed E-state index contributed by atoms with van der Waals surface area (Å²) in [4.78, 5) is 19.2. The maximum absolute atomic E-state index is 12.5. The van der Waals surface area contributed by atoms with Gasteiger partial charge in [-0.05, 0) is 56.8 Å². The van der Waals surface area contributed by atoms with Crippen LogP contribution < -0.4 is 5.32 Å². The molecule has 0 aromatic carbocycles. The van der Waals surface area contributed by atoms with Crippen molar-refractivity contribution >= 4 is 5.91 Å². The molecule has 0 bridgehead atoms. The van der Waals surface area contributed by atoms with E-state index >= 15 is 0 Å². The summed E-state index contributed by atoms with van der Waals surface area (Å²) >= 11 is 0. The number of nitrogens with zero attached hydrogens (tertiary/aromatic N) is 2. The van der Waals surface area contributed by atoms with E-state index in [-0.39, 0.29) is 17.9 Å². The third kappa shape index (κ3) is 3.95. The van der Waals surface area contributed by atoms with E-state index in [2.05, 4.69) is 35.2 Å². The van der Waals surface area contributed by atoms with Crippen LogP contribution >= 0.6 is 0 Å². The van der Waals surface area contributed by atoms with Crippen LogP contribution in [0.3, 0.4) is 0 Å². The molecular formula is C19H29N3O2. The lowest BCUT2D eigenvalue weighted by molar-refractivity contribution is -0.130. The Morgan fingerprint density at radius 2 is 2.33 bits per heavy atom. The molecule has 0 radical (unpaired) electrons. The van der Waals surface area contributed by atoms with Crippen molar-refractivity contribution < 1.29 is 9.53 Å². The minimum Gasteiger partial charge on any atom is -0.378 e. The zero-order chi connectivity index (χ0) is 16.9. The highest BCUT2D eigenvalue weighted by molar-refractivity contribution is 5.78. The summed E-state index contributed by atoms with van der Waals surface area (Å²) in [6.07, 6.45) is 7.81. The van der Waals surface area contributed by atoms with Crippen LogP contribution in [-0.4, -0.2) is 48.6 Å². The largest absolute Gasteiger partial charge is 0.378 e. The van der Waals surface area contributed by atoms with Crippen LogP contribution in [0.2, 0.25) is 0 Å². The lowest BCUT2D eigenvalue weighted by Gasteiger charge is -2.29. The predicted molar refractivity (Wildman–Crippen MR) is 93.5 cm³/mol. The van der Waals surface area contributed by atoms with Crippen LogP contribution in [0, 0.1) is 11.8 Å². The number of rotatable bonds is 5. The molecule has 1 N–H and O–H groups in total. The highest BCUT2D eigenvalue weighted by atomic mass is 16.5. The van der Waals surface area contributed by atoms with Crippen LogP contribution in [0.4, 0.5) is 0 Å². The number of carbonyl (C=O) groups excluding carboxylic acids is 1. The molecule has 5 nitrogen and oxygen atoms in total. The maximum atomic E-state index is 12.5. The van der Waals surface area contributed by atoms with Crippen molar-refractivity contribution in [2.24, 2.45) is 11.8 Å². The molecular weight excluding hydrogens is 302 g/mol. The number of nitrogens with one attached hydrogen (secondary N) is 1. The van der Waals surface area contributed by atoms with Crippen molar-refractivity contribution in [3.8, 4) is 0 Å². The highest BCUT2D eigenvalue weighted by Crippen LogP contribution is 2.35. The average molecular weight is 331 g/mol. The Labute approximate surface area is 144 Å². The first kappa shape index (κ1) is 17.4. The van der Waals surface area contributed by atoms with E-state index in [1.165, 1.54) is 5.56 Å². The molecule has 0 spiro atoms. The van der Waals surface area contributed by atoms with Gasteiger partial charge in [0.25, 0.3) is 0 Å². The maximum Gasteiger partial charge on any atom is 0.223 e. The molecule has 132 valence electrons. The quantitative estimate of drug-likeness (QED) is 0.900. The molecule has 0 saturated carbocycles. The highest BCUT2D eigenvalue weighted by Gasteiger charge is 2.34. The lowest BCUT2D eigenvalue weighted by atomic mass is 9.92. The van der Waals surface area contributed by atoms with Crippen molar-refractivity contribution in [2.75, 3.05) is 26.7 Å². The molecule has 3 rings (SSSR count). The number of ether oxygens (including phenoxy) is 1. The molecule has 3 heterocycles. The molecule has 0 aliphatic carbocycles. The Morgan fingerprint density at radius 3 is 3.08 bits per heavy atom. The predicted octanol–water partition coefficient (Wildman–Crippen LogP) is 2.40. The van der Waals surface area contributed by atoms with Crippen molar-refractivity contribution in [3.63, 3.8) is 0 Å². The average Bonchev–Trinajstić information content (AvgIpc) is 3.01. The number of likely N-dealkylation sites (tertiary alicyclic amines) is 1. The Hall–Kier alpha value is -1.46. The Morgan fingerprint density at radius 1 is 1.46 bits per heavy atom. The van der Waals surface area contributed by atoms with Crippen LogP contribution in [-0.2, 0) is 9.53 Å². The number of carbonyl (C=O) groups is 1. The van der Waals surface area contributed by atoms with Gasteiger partial charge in [-0.1, -0.05) is 13.0 Å². The first-order valence-electron chi connectivity index (χ1n) is 9.18. The van der Waals surface area contributed by atoms with Crippen LogP contribution in [0.25, 0.3) is 0 Å². The van der Waals surface area contributed by atoms with Gasteiger partial charge in [0.15, 0.2) is 0 Å². The van der Waals surface area contributed by atoms with Crippen molar-refractivity contribution in [1.82, 2.24) is 15.2 Å². The van der Waals surface area contributed by atoms with E-state index < -0.39 is 0 Å². The van der Waals surface area contributed by atoms with Crippen LogP contribution in [0.15, 0.2) is 24.5 Å². The van der Waals surface area contributed by atoms with Crippen molar-refractivity contribution in [2.45, 2.75) is 44.8 Å². The van der Waals surface area contributed by atoms with Gasteiger partial charge in [0, 0.05) is 37.5 Å². The van der Waals surface area contributed by atoms with E-state index in [4.69, 9.17) is 4.74 Å². The monoisotopic (exact) mass is 331 g/mol. The van der Waals surface area contributed by atoms with Gasteiger partial charge in [0.2, 0.25) is 5.91 Å². The van der Waals surface area contributed by atoms with E-state index in [0.29, 0.717) is 18.6 Å². The van der Waals surface area contributed by atoms with Gasteiger partial charge in [0.05, 0.1) is 6.10 Å². The summed E-state index contributed by atoms with van der Waals surface area (Å²) in [5, 5.41) is 3.22. The van der Waals surface area contributed by atoms with Crippen LogP contribution in [0.5, 0.6) is 0 Å². The Kier molecular flexibility index (Phi) is 5.85. The minimum absolute atomic E-state index is 0.111. The molecule has 1 aromatic rings. The fourth-order valence-corrected chi connectivity index (χ4v) is 4.10. The second kappa shape index (κ2) is 8.08. The number of pyridine rings is 1. The number of hydrogen-bond donors (Lipinski definition) is 1. The van der Waals surface area contributed by atoms with Crippen molar-refractivity contribution in [1.29, 1.82) is 0 Å². The standard InChI is InChI=1S/C19H29N3O2/c1-3-17-11-14(7-10-24-17)19(23)21-13-16-6-9-22(2)18(16)15-5-4-8-20-12-15/h4-5,8,12,14,16-18H,3,6-7,9-11,13H2,1-2H3,(H,21,23)/t14-,16-,17+,18-/m0/s1. The third-order valence-electron chi connectivity index (χ3n) is 5.53. The molecule has 24 heavy (non-hydrogen) atoms. The lowest BCUT2D eigenvalue weighted by Crippen LogP contribution is -2.40. The summed E-state index contributed by atoms with van der Waals surface area (Å²) in [6, 6.07) is 4.47. The summed E-state index contributed by atoms with van der Waals surface area (Å²) in [6.45, 7) is 4.64. The van der Waals surface area contributed by atoms with Crippen LogP contribution in [0.1, 0.15) is 44.2 Å². The van der Waals surface area contributed by atoms with Gasteiger partial charge in [-0.25, -0.2) is 0 Å². The SMILES string of the molecule is CC[C@@H]1C[C@@H](C(=O)NC[C@@H]2CCN(C)[C@H]2c2cccnc2)CCO1. The van der Waals surface area contributed by atoms with Crippen molar-refractivity contribution in [3.05, 3.63) is 30.1 Å². The number of aromatic nitrogens is 1. The van der Waals surface area contributed by atoms with Gasteiger partial charge >= 0.3 is 0 Å².